The van der Waals surface area contributed by atoms with Crippen LogP contribution in [0.15, 0.2) is 29.3 Å². The van der Waals surface area contributed by atoms with Gasteiger partial charge in [-0.15, -0.1) is 23.1 Å². The third kappa shape index (κ3) is 3.74. The van der Waals surface area contributed by atoms with Crippen LogP contribution in [0.5, 0.6) is 0 Å². The molecule has 0 saturated heterocycles. The van der Waals surface area contributed by atoms with E-state index in [1.165, 1.54) is 26.0 Å². The SMILES string of the molecule is COC(=O)c1sc(N)c(C(=O)OC)c1CSc1nc(C)nc2ccccc12. The predicted molar refractivity (Wildman–Crippen MR) is 105 cm³/mol. The van der Waals surface area contributed by atoms with Crippen molar-refractivity contribution in [1.29, 1.82) is 0 Å². The first kappa shape index (κ1) is 19.1. The lowest BCUT2D eigenvalue weighted by molar-refractivity contribution is 0.0601. The smallest absolute Gasteiger partial charge is 0.348 e. The molecule has 0 spiro atoms. The molecule has 0 aliphatic heterocycles. The number of nitrogens with two attached hydrogens (primary N) is 1. The number of nitrogen functional groups attached to an aromatic ring is 1. The molecule has 0 unspecified atom stereocenters. The standard InChI is InChI=1S/C18H17N3O4S2/c1-9-20-12-7-5-4-6-10(12)16(21-9)26-8-11-13(17(22)24-2)15(19)27-14(11)18(23)25-3/h4-7H,8,19H2,1-3H3. The number of ether oxygens (including phenoxy) is 2. The van der Waals surface area contributed by atoms with E-state index in [9.17, 15) is 9.59 Å². The van der Waals surface area contributed by atoms with Crippen molar-refractivity contribution in [3.05, 3.63) is 46.1 Å². The number of carbonyl (C=O) groups is 2. The summed E-state index contributed by atoms with van der Waals surface area (Å²) in [6, 6.07) is 7.67. The fourth-order valence-electron chi connectivity index (χ4n) is 2.62. The van der Waals surface area contributed by atoms with E-state index in [0.29, 0.717) is 17.1 Å². The summed E-state index contributed by atoms with van der Waals surface area (Å²) in [5.41, 5.74) is 7.49. The number of aromatic nitrogens is 2. The highest BCUT2D eigenvalue weighted by Gasteiger charge is 2.27. The van der Waals surface area contributed by atoms with Gasteiger partial charge in [-0.2, -0.15) is 0 Å². The molecule has 0 atom stereocenters. The van der Waals surface area contributed by atoms with E-state index in [0.717, 1.165) is 27.3 Å². The van der Waals surface area contributed by atoms with Crippen LogP contribution in [-0.4, -0.2) is 36.1 Å². The van der Waals surface area contributed by atoms with E-state index in [4.69, 9.17) is 15.2 Å². The number of fused-ring (bicyclic) bond motifs is 1. The number of para-hydroxylation sites is 1. The minimum absolute atomic E-state index is 0.200. The van der Waals surface area contributed by atoms with Crippen LogP contribution in [0, 0.1) is 6.92 Å². The van der Waals surface area contributed by atoms with E-state index in [1.807, 2.05) is 31.2 Å². The number of rotatable bonds is 5. The van der Waals surface area contributed by atoms with Gasteiger partial charge in [-0.05, 0) is 13.0 Å². The Kier molecular flexibility index (Phi) is 5.62. The first-order valence-electron chi connectivity index (χ1n) is 7.90. The summed E-state index contributed by atoms with van der Waals surface area (Å²) < 4.78 is 9.66. The average molecular weight is 403 g/mol. The number of thioether (sulfide) groups is 1. The zero-order chi connectivity index (χ0) is 19.6. The molecule has 0 amide bonds. The molecular formula is C18H17N3O4S2. The van der Waals surface area contributed by atoms with E-state index in [-0.39, 0.29) is 15.4 Å². The Bertz CT molecular complexity index is 1030. The zero-order valence-corrected chi connectivity index (χ0v) is 16.6. The van der Waals surface area contributed by atoms with Gasteiger partial charge in [-0.1, -0.05) is 18.2 Å². The average Bonchev–Trinajstić information content (AvgIpc) is 3.00. The molecule has 3 aromatic rings. The number of hydrogen-bond donors (Lipinski definition) is 1. The Hall–Kier alpha value is -2.65. The maximum atomic E-state index is 12.2. The van der Waals surface area contributed by atoms with Crippen LogP contribution in [0.1, 0.15) is 31.4 Å². The highest BCUT2D eigenvalue weighted by molar-refractivity contribution is 7.98. The van der Waals surface area contributed by atoms with Gasteiger partial charge >= 0.3 is 11.9 Å². The van der Waals surface area contributed by atoms with Crippen LogP contribution in [0.4, 0.5) is 5.00 Å². The van der Waals surface area contributed by atoms with Crippen molar-refractivity contribution in [2.75, 3.05) is 20.0 Å². The highest BCUT2D eigenvalue weighted by Crippen LogP contribution is 2.37. The zero-order valence-electron chi connectivity index (χ0n) is 14.9. The quantitative estimate of drug-likeness (QED) is 0.392. The second-order valence-electron chi connectivity index (χ2n) is 5.51. The monoisotopic (exact) mass is 403 g/mol. The lowest BCUT2D eigenvalue weighted by atomic mass is 10.1. The van der Waals surface area contributed by atoms with Crippen LogP contribution < -0.4 is 5.73 Å². The minimum atomic E-state index is -0.585. The fourth-order valence-corrected chi connectivity index (χ4v) is 4.79. The van der Waals surface area contributed by atoms with Gasteiger partial charge in [0.05, 0.1) is 25.3 Å². The maximum absolute atomic E-state index is 12.2. The molecule has 2 N–H and O–H groups in total. The van der Waals surface area contributed by atoms with Gasteiger partial charge in [0.1, 0.15) is 20.7 Å². The van der Waals surface area contributed by atoms with Crippen LogP contribution in [0.2, 0.25) is 0 Å². The van der Waals surface area contributed by atoms with E-state index in [2.05, 4.69) is 9.97 Å². The lowest BCUT2D eigenvalue weighted by Gasteiger charge is -2.08. The van der Waals surface area contributed by atoms with Gasteiger partial charge in [0.25, 0.3) is 0 Å². The van der Waals surface area contributed by atoms with Gasteiger partial charge in [-0.3, -0.25) is 0 Å². The number of nitrogens with zero attached hydrogens (tertiary/aromatic N) is 2. The molecule has 7 nitrogen and oxygen atoms in total. The van der Waals surface area contributed by atoms with Crippen molar-refractivity contribution in [3.8, 4) is 0 Å². The molecule has 2 aromatic heterocycles. The summed E-state index contributed by atoms with van der Waals surface area (Å²) in [5, 5.41) is 1.88. The molecule has 0 aliphatic rings. The normalized spacial score (nSPS) is 10.8. The molecule has 2 heterocycles. The van der Waals surface area contributed by atoms with Gasteiger partial charge in [0, 0.05) is 16.7 Å². The van der Waals surface area contributed by atoms with E-state index < -0.39 is 11.9 Å². The number of esters is 2. The summed E-state index contributed by atoms with van der Waals surface area (Å²) in [6.45, 7) is 1.82. The third-order valence-corrected chi connectivity index (χ3v) is 5.89. The van der Waals surface area contributed by atoms with Crippen molar-refractivity contribution in [2.45, 2.75) is 17.7 Å². The second kappa shape index (κ2) is 7.93. The summed E-state index contributed by atoms with van der Waals surface area (Å²) in [5.74, 6) is -0.176. The van der Waals surface area contributed by atoms with Crippen LogP contribution in [0.3, 0.4) is 0 Å². The molecule has 1 aromatic carbocycles. The third-order valence-electron chi connectivity index (χ3n) is 3.83. The molecule has 3 rings (SSSR count). The van der Waals surface area contributed by atoms with Crippen LogP contribution >= 0.6 is 23.1 Å². The van der Waals surface area contributed by atoms with Gasteiger partial charge in [0.2, 0.25) is 0 Å². The number of anilines is 1. The Morgan fingerprint density at radius 2 is 1.85 bits per heavy atom. The first-order valence-corrected chi connectivity index (χ1v) is 9.70. The van der Waals surface area contributed by atoms with Crippen molar-refractivity contribution in [3.63, 3.8) is 0 Å². The lowest BCUT2D eigenvalue weighted by Crippen LogP contribution is -2.08. The summed E-state index contributed by atoms with van der Waals surface area (Å²) >= 11 is 2.41. The van der Waals surface area contributed by atoms with Gasteiger partial charge in [0.15, 0.2) is 0 Å². The number of thiophene rings is 1. The van der Waals surface area contributed by atoms with Crippen molar-refractivity contribution in [1.82, 2.24) is 9.97 Å². The van der Waals surface area contributed by atoms with Crippen LogP contribution in [-0.2, 0) is 15.2 Å². The minimum Gasteiger partial charge on any atom is -0.465 e. The van der Waals surface area contributed by atoms with Gasteiger partial charge in [-0.25, -0.2) is 19.6 Å². The summed E-state index contributed by atoms with van der Waals surface area (Å²) in [6.07, 6.45) is 0. The predicted octanol–water partition coefficient (Wildman–Crippen LogP) is 3.45. The molecule has 9 heteroatoms. The highest BCUT2D eigenvalue weighted by atomic mass is 32.2. The Labute approximate surface area is 163 Å². The summed E-state index contributed by atoms with van der Waals surface area (Å²) in [7, 11) is 2.56. The summed E-state index contributed by atoms with van der Waals surface area (Å²) in [4.78, 5) is 33.5. The van der Waals surface area contributed by atoms with Gasteiger partial charge < -0.3 is 15.2 Å². The topological polar surface area (TPSA) is 104 Å². The molecule has 0 radical (unpaired) electrons. The Morgan fingerprint density at radius 3 is 2.56 bits per heavy atom. The number of hydrogen-bond acceptors (Lipinski definition) is 9. The molecule has 0 saturated carbocycles. The fraction of sp³-hybridized carbons (Fsp3) is 0.222. The Balaban J connectivity index is 2.03. The molecule has 0 bridgehead atoms. The number of methoxy groups -OCH3 is 2. The molecule has 0 fully saturated rings. The molecular weight excluding hydrogens is 386 g/mol. The molecule has 0 aliphatic carbocycles. The largest absolute Gasteiger partial charge is 0.465 e. The number of carbonyl (C=O) groups excluding carboxylic acids is 2. The second-order valence-corrected chi connectivity index (χ2v) is 7.53. The van der Waals surface area contributed by atoms with Crippen molar-refractivity contribution < 1.29 is 19.1 Å². The van der Waals surface area contributed by atoms with E-state index >= 15 is 0 Å². The first-order chi connectivity index (χ1) is 13.0. The molecule has 27 heavy (non-hydrogen) atoms. The van der Waals surface area contributed by atoms with Crippen LogP contribution in [0.25, 0.3) is 10.9 Å². The maximum Gasteiger partial charge on any atom is 0.348 e. The Morgan fingerprint density at radius 1 is 1.15 bits per heavy atom. The van der Waals surface area contributed by atoms with Crippen molar-refractivity contribution >= 4 is 50.9 Å². The molecule has 140 valence electrons. The van der Waals surface area contributed by atoms with E-state index in [1.54, 1.807) is 0 Å². The number of benzene rings is 1. The van der Waals surface area contributed by atoms with Crippen molar-refractivity contribution in [2.24, 2.45) is 0 Å². The number of aryl methyl sites for hydroxylation is 1.